The van der Waals surface area contributed by atoms with Crippen molar-refractivity contribution in [2.45, 2.75) is 32.2 Å². The standard InChI is InChI=1S/C8H14N2/c1-7-3-2-4-8-9-5-6-10(7)8/h7H,2-6H2,1H3. The van der Waals surface area contributed by atoms with Crippen molar-refractivity contribution in [3.63, 3.8) is 0 Å². The van der Waals surface area contributed by atoms with Gasteiger partial charge in [-0.2, -0.15) is 0 Å². The van der Waals surface area contributed by atoms with Crippen LogP contribution in [-0.4, -0.2) is 29.9 Å². The average molecular weight is 138 g/mol. The van der Waals surface area contributed by atoms with Crippen LogP contribution in [0.4, 0.5) is 0 Å². The van der Waals surface area contributed by atoms with Crippen LogP contribution in [0.5, 0.6) is 0 Å². The highest BCUT2D eigenvalue weighted by Gasteiger charge is 2.25. The summed E-state index contributed by atoms with van der Waals surface area (Å²) in [6.45, 7) is 4.52. The molecule has 0 aromatic heterocycles. The molecule has 0 bridgehead atoms. The predicted octanol–water partition coefficient (Wildman–Crippen LogP) is 1.27. The Balaban J connectivity index is 2.13. The molecule has 0 amide bonds. The zero-order valence-corrected chi connectivity index (χ0v) is 6.51. The fourth-order valence-electron chi connectivity index (χ4n) is 1.92. The Morgan fingerprint density at radius 2 is 2.50 bits per heavy atom. The van der Waals surface area contributed by atoms with Crippen molar-refractivity contribution in [2.75, 3.05) is 13.1 Å². The van der Waals surface area contributed by atoms with Gasteiger partial charge in [0.05, 0.1) is 12.4 Å². The summed E-state index contributed by atoms with van der Waals surface area (Å²) in [6.07, 6.45) is 3.93. The van der Waals surface area contributed by atoms with Crippen molar-refractivity contribution in [2.24, 2.45) is 4.99 Å². The molecule has 56 valence electrons. The lowest BCUT2D eigenvalue weighted by Gasteiger charge is -2.32. The lowest BCUT2D eigenvalue weighted by atomic mass is 10.0. The summed E-state index contributed by atoms with van der Waals surface area (Å²) in [7, 11) is 0. The smallest absolute Gasteiger partial charge is 0.0992 e. The van der Waals surface area contributed by atoms with Gasteiger partial charge in [-0.1, -0.05) is 0 Å². The van der Waals surface area contributed by atoms with Gasteiger partial charge in [0.25, 0.3) is 0 Å². The molecular formula is C8H14N2. The zero-order chi connectivity index (χ0) is 6.97. The molecule has 10 heavy (non-hydrogen) atoms. The van der Waals surface area contributed by atoms with Crippen molar-refractivity contribution < 1.29 is 0 Å². The maximum Gasteiger partial charge on any atom is 0.0992 e. The van der Waals surface area contributed by atoms with Crippen LogP contribution in [0, 0.1) is 0 Å². The van der Waals surface area contributed by atoms with E-state index in [1.807, 2.05) is 0 Å². The molecule has 2 heterocycles. The van der Waals surface area contributed by atoms with Gasteiger partial charge in [-0.25, -0.2) is 0 Å². The molecule has 1 atom stereocenters. The van der Waals surface area contributed by atoms with Gasteiger partial charge in [-0.15, -0.1) is 0 Å². The first-order chi connectivity index (χ1) is 4.88. The summed E-state index contributed by atoms with van der Waals surface area (Å²) >= 11 is 0. The second-order valence-electron chi connectivity index (χ2n) is 3.23. The largest absolute Gasteiger partial charge is 0.356 e. The summed E-state index contributed by atoms with van der Waals surface area (Å²) in [6, 6.07) is 0.759. The van der Waals surface area contributed by atoms with Gasteiger partial charge in [0.1, 0.15) is 0 Å². The van der Waals surface area contributed by atoms with Gasteiger partial charge < -0.3 is 4.90 Å². The Hall–Kier alpha value is -0.530. The van der Waals surface area contributed by atoms with E-state index in [0.717, 1.165) is 12.6 Å². The predicted molar refractivity (Wildman–Crippen MR) is 42.3 cm³/mol. The minimum atomic E-state index is 0.759. The molecule has 0 N–H and O–H groups in total. The molecule has 2 heteroatoms. The molecule has 0 aromatic rings. The maximum absolute atomic E-state index is 4.45. The van der Waals surface area contributed by atoms with Crippen molar-refractivity contribution in [1.29, 1.82) is 0 Å². The normalized spacial score (nSPS) is 31.9. The molecule has 2 aliphatic rings. The lowest BCUT2D eigenvalue weighted by Crippen LogP contribution is -2.39. The summed E-state index contributed by atoms with van der Waals surface area (Å²) in [4.78, 5) is 6.91. The third kappa shape index (κ3) is 0.825. The molecule has 0 radical (unpaired) electrons. The number of aliphatic imine (C=N–C) groups is 1. The van der Waals surface area contributed by atoms with Crippen LogP contribution in [0.3, 0.4) is 0 Å². The summed E-state index contributed by atoms with van der Waals surface area (Å²) in [5, 5.41) is 0. The third-order valence-corrected chi connectivity index (χ3v) is 2.52. The molecule has 2 rings (SSSR count). The van der Waals surface area contributed by atoms with E-state index in [4.69, 9.17) is 0 Å². The van der Waals surface area contributed by atoms with Gasteiger partial charge in [0.15, 0.2) is 0 Å². The maximum atomic E-state index is 4.45. The van der Waals surface area contributed by atoms with Crippen LogP contribution in [0.1, 0.15) is 26.2 Å². The molecule has 1 saturated heterocycles. The van der Waals surface area contributed by atoms with E-state index in [2.05, 4.69) is 16.8 Å². The second-order valence-corrected chi connectivity index (χ2v) is 3.23. The Bertz CT molecular complexity index is 163. The number of hydrogen-bond donors (Lipinski definition) is 0. The van der Waals surface area contributed by atoms with Gasteiger partial charge >= 0.3 is 0 Å². The number of fused-ring (bicyclic) bond motifs is 1. The van der Waals surface area contributed by atoms with E-state index in [-0.39, 0.29) is 0 Å². The fraction of sp³-hybridized carbons (Fsp3) is 0.875. The van der Waals surface area contributed by atoms with Crippen molar-refractivity contribution in [3.05, 3.63) is 0 Å². The van der Waals surface area contributed by atoms with Gasteiger partial charge in [0, 0.05) is 19.0 Å². The number of piperidine rings is 1. The van der Waals surface area contributed by atoms with E-state index in [1.54, 1.807) is 0 Å². The van der Waals surface area contributed by atoms with Crippen LogP contribution < -0.4 is 0 Å². The van der Waals surface area contributed by atoms with E-state index < -0.39 is 0 Å². The summed E-state index contributed by atoms with van der Waals surface area (Å²) in [5.74, 6) is 1.37. The van der Waals surface area contributed by atoms with Gasteiger partial charge in [-0.05, 0) is 19.8 Å². The van der Waals surface area contributed by atoms with Gasteiger partial charge in [-0.3, -0.25) is 4.99 Å². The molecule has 0 spiro atoms. The Labute approximate surface area is 61.9 Å². The first kappa shape index (κ1) is 6.20. The Kier molecular flexibility index (Phi) is 1.40. The van der Waals surface area contributed by atoms with Crippen molar-refractivity contribution in [1.82, 2.24) is 4.90 Å². The number of nitrogens with zero attached hydrogens (tertiary/aromatic N) is 2. The van der Waals surface area contributed by atoms with Crippen LogP contribution in [-0.2, 0) is 0 Å². The number of rotatable bonds is 0. The molecule has 1 unspecified atom stereocenters. The summed E-state index contributed by atoms with van der Waals surface area (Å²) < 4.78 is 0. The van der Waals surface area contributed by atoms with Gasteiger partial charge in [0.2, 0.25) is 0 Å². The SMILES string of the molecule is CC1CCCC2=NCCN21. The Morgan fingerprint density at radius 1 is 1.60 bits per heavy atom. The Morgan fingerprint density at radius 3 is 3.30 bits per heavy atom. The van der Waals surface area contributed by atoms with Crippen LogP contribution in [0.25, 0.3) is 0 Å². The van der Waals surface area contributed by atoms with E-state index >= 15 is 0 Å². The molecule has 0 saturated carbocycles. The first-order valence-electron chi connectivity index (χ1n) is 4.18. The zero-order valence-electron chi connectivity index (χ0n) is 6.51. The minimum Gasteiger partial charge on any atom is -0.356 e. The molecule has 2 nitrogen and oxygen atoms in total. The highest BCUT2D eigenvalue weighted by atomic mass is 15.3. The van der Waals surface area contributed by atoms with Crippen LogP contribution >= 0.6 is 0 Å². The first-order valence-corrected chi connectivity index (χ1v) is 4.18. The lowest BCUT2D eigenvalue weighted by molar-refractivity contribution is 0.305. The average Bonchev–Trinajstić information content (AvgIpc) is 2.36. The highest BCUT2D eigenvalue weighted by molar-refractivity contribution is 5.84. The third-order valence-electron chi connectivity index (χ3n) is 2.52. The monoisotopic (exact) mass is 138 g/mol. The fourth-order valence-corrected chi connectivity index (χ4v) is 1.92. The number of amidine groups is 1. The van der Waals surface area contributed by atoms with E-state index in [9.17, 15) is 0 Å². The van der Waals surface area contributed by atoms with E-state index in [1.165, 1.54) is 31.6 Å². The molecular weight excluding hydrogens is 124 g/mol. The number of hydrogen-bond acceptors (Lipinski definition) is 2. The molecule has 1 fully saturated rings. The highest BCUT2D eigenvalue weighted by Crippen LogP contribution is 2.21. The second kappa shape index (κ2) is 2.26. The van der Waals surface area contributed by atoms with Crippen molar-refractivity contribution >= 4 is 5.84 Å². The van der Waals surface area contributed by atoms with Crippen molar-refractivity contribution in [3.8, 4) is 0 Å². The topological polar surface area (TPSA) is 15.6 Å². The van der Waals surface area contributed by atoms with Crippen LogP contribution in [0.15, 0.2) is 4.99 Å². The molecule has 0 aliphatic carbocycles. The quantitative estimate of drug-likeness (QED) is 0.492. The summed E-state index contributed by atoms with van der Waals surface area (Å²) in [5.41, 5.74) is 0. The minimum absolute atomic E-state index is 0.759. The van der Waals surface area contributed by atoms with E-state index in [0.29, 0.717) is 0 Å². The van der Waals surface area contributed by atoms with Crippen LogP contribution in [0.2, 0.25) is 0 Å². The molecule has 0 aromatic carbocycles. The molecule has 2 aliphatic heterocycles.